The molecule has 0 amide bonds. The van der Waals surface area contributed by atoms with Crippen LogP contribution in [0.2, 0.25) is 6.04 Å². The summed E-state index contributed by atoms with van der Waals surface area (Å²) < 4.78 is 15.6. The average molecular weight is 336 g/mol. The van der Waals surface area contributed by atoms with Crippen LogP contribution in [0.4, 0.5) is 0 Å². The van der Waals surface area contributed by atoms with Gasteiger partial charge in [0.1, 0.15) is 0 Å². The predicted molar refractivity (Wildman–Crippen MR) is 85.9 cm³/mol. The fraction of sp³-hybridized carbons (Fsp3) is 0.312. The molecule has 23 heavy (non-hydrogen) atoms. The maximum Gasteiger partial charge on any atom is 0.499 e. The third-order valence-corrected chi connectivity index (χ3v) is 6.25. The van der Waals surface area contributed by atoms with Crippen LogP contribution in [-0.4, -0.2) is 33.1 Å². The van der Waals surface area contributed by atoms with Gasteiger partial charge in [0.05, 0.1) is 0 Å². The summed E-state index contributed by atoms with van der Waals surface area (Å²) >= 11 is 0. The van der Waals surface area contributed by atoms with Crippen molar-refractivity contribution in [2.45, 2.75) is 26.8 Å². The number of hydrogen-bond donors (Lipinski definition) is 0. The van der Waals surface area contributed by atoms with E-state index >= 15 is 0 Å². The van der Waals surface area contributed by atoms with E-state index < -0.39 is 33.1 Å². The quantitative estimate of drug-likeness (QED) is 0.427. The van der Waals surface area contributed by atoms with Crippen molar-refractivity contribution in [2.24, 2.45) is 0 Å². The van der Waals surface area contributed by atoms with Crippen LogP contribution in [0.3, 0.4) is 0 Å². The standard InChI is InChI=1S/C16H20O6Si/c1-5-23(21-13(4)17,14-9-7-6-8-10-14)22-15(18)11-20-16(19)12(2)3/h6-10H,2,5,11H2,1,3-4H3. The highest BCUT2D eigenvalue weighted by Gasteiger charge is 2.45. The zero-order chi connectivity index (χ0) is 17.5. The molecule has 1 rings (SSSR count). The number of rotatable bonds is 7. The van der Waals surface area contributed by atoms with Crippen molar-refractivity contribution in [3.63, 3.8) is 0 Å². The summed E-state index contributed by atoms with van der Waals surface area (Å²) in [5.41, 5.74) is 0.180. The minimum Gasteiger partial charge on any atom is -0.482 e. The predicted octanol–water partition coefficient (Wildman–Crippen LogP) is 1.58. The Balaban J connectivity index is 2.93. The molecule has 1 atom stereocenters. The second-order valence-corrected chi connectivity index (χ2v) is 8.10. The highest BCUT2D eigenvalue weighted by Crippen LogP contribution is 2.15. The third-order valence-electron chi connectivity index (χ3n) is 2.94. The molecule has 1 aromatic carbocycles. The molecule has 0 aromatic heterocycles. The number of carbonyl (C=O) groups excluding carboxylic acids is 3. The molecule has 0 saturated carbocycles. The van der Waals surface area contributed by atoms with Crippen LogP contribution >= 0.6 is 0 Å². The Kier molecular flexibility index (Phi) is 6.71. The van der Waals surface area contributed by atoms with Gasteiger partial charge in [0, 0.05) is 23.7 Å². The van der Waals surface area contributed by atoms with E-state index in [1.165, 1.54) is 13.8 Å². The molecule has 0 aliphatic heterocycles. The zero-order valence-corrected chi connectivity index (χ0v) is 14.5. The molecule has 0 N–H and O–H groups in total. The first kappa shape index (κ1) is 18.6. The highest BCUT2D eigenvalue weighted by atomic mass is 28.4. The van der Waals surface area contributed by atoms with Gasteiger partial charge in [0.25, 0.3) is 5.97 Å². The van der Waals surface area contributed by atoms with E-state index in [2.05, 4.69) is 6.58 Å². The van der Waals surface area contributed by atoms with Gasteiger partial charge in [-0.3, -0.25) is 4.79 Å². The fourth-order valence-electron chi connectivity index (χ4n) is 1.87. The van der Waals surface area contributed by atoms with Gasteiger partial charge in [-0.05, 0) is 6.92 Å². The van der Waals surface area contributed by atoms with Gasteiger partial charge in [-0.25, -0.2) is 9.59 Å². The first-order chi connectivity index (χ1) is 10.8. The Bertz CT molecular complexity index is 598. The van der Waals surface area contributed by atoms with E-state index in [9.17, 15) is 14.4 Å². The number of esters is 1. The number of benzene rings is 1. The monoisotopic (exact) mass is 336 g/mol. The summed E-state index contributed by atoms with van der Waals surface area (Å²) in [5, 5.41) is 0.650. The minimum atomic E-state index is -3.28. The molecule has 0 aliphatic rings. The molecule has 0 spiro atoms. The average Bonchev–Trinajstić information content (AvgIpc) is 2.52. The Morgan fingerprint density at radius 1 is 1.09 bits per heavy atom. The second-order valence-electron chi connectivity index (χ2n) is 4.90. The van der Waals surface area contributed by atoms with Gasteiger partial charge in [-0.1, -0.05) is 43.8 Å². The molecule has 124 valence electrons. The topological polar surface area (TPSA) is 78.9 Å². The summed E-state index contributed by atoms with van der Waals surface area (Å²) in [6.45, 7) is 7.37. The molecular formula is C16H20O6Si. The van der Waals surface area contributed by atoms with Crippen LogP contribution in [0.1, 0.15) is 20.8 Å². The smallest absolute Gasteiger partial charge is 0.482 e. The van der Waals surface area contributed by atoms with E-state index in [0.29, 0.717) is 11.2 Å². The normalized spacial score (nSPS) is 12.7. The summed E-state index contributed by atoms with van der Waals surface area (Å²) in [6, 6.07) is 9.17. The molecule has 0 heterocycles. The lowest BCUT2D eigenvalue weighted by molar-refractivity contribution is -0.152. The summed E-state index contributed by atoms with van der Waals surface area (Å²) in [5.74, 6) is -1.98. The van der Waals surface area contributed by atoms with Crippen LogP contribution in [0.25, 0.3) is 0 Å². The summed E-state index contributed by atoms with van der Waals surface area (Å²) in [4.78, 5) is 34.8. The van der Waals surface area contributed by atoms with Gasteiger partial charge in [0.15, 0.2) is 6.61 Å². The molecule has 1 unspecified atom stereocenters. The molecule has 7 heteroatoms. The first-order valence-electron chi connectivity index (χ1n) is 7.10. The van der Waals surface area contributed by atoms with E-state index in [1.807, 2.05) is 6.07 Å². The van der Waals surface area contributed by atoms with Gasteiger partial charge >= 0.3 is 20.5 Å². The lowest BCUT2D eigenvalue weighted by Gasteiger charge is -2.28. The highest BCUT2D eigenvalue weighted by molar-refractivity contribution is 6.83. The second kappa shape index (κ2) is 8.28. The van der Waals surface area contributed by atoms with Crippen molar-refractivity contribution in [3.05, 3.63) is 42.5 Å². The van der Waals surface area contributed by atoms with Crippen molar-refractivity contribution in [1.29, 1.82) is 0 Å². The van der Waals surface area contributed by atoms with Crippen molar-refractivity contribution in [1.82, 2.24) is 0 Å². The zero-order valence-electron chi connectivity index (χ0n) is 13.5. The Morgan fingerprint density at radius 2 is 1.70 bits per heavy atom. The van der Waals surface area contributed by atoms with Gasteiger partial charge in [0.2, 0.25) is 0 Å². The third kappa shape index (κ3) is 5.37. The Labute approximate surface area is 136 Å². The number of carbonyl (C=O) groups is 3. The van der Waals surface area contributed by atoms with Gasteiger partial charge < -0.3 is 13.6 Å². The molecule has 6 nitrogen and oxygen atoms in total. The van der Waals surface area contributed by atoms with Crippen molar-refractivity contribution < 1.29 is 28.0 Å². The van der Waals surface area contributed by atoms with Crippen LogP contribution in [0, 0.1) is 0 Å². The van der Waals surface area contributed by atoms with E-state index in [4.69, 9.17) is 13.6 Å². The van der Waals surface area contributed by atoms with Gasteiger partial charge in [-0.2, -0.15) is 0 Å². The first-order valence-corrected chi connectivity index (χ1v) is 9.12. The molecule has 0 saturated heterocycles. The Hall–Kier alpha value is -2.41. The molecule has 0 radical (unpaired) electrons. The van der Waals surface area contributed by atoms with Crippen LogP contribution in [0.5, 0.6) is 0 Å². The fourth-order valence-corrected chi connectivity index (χ4v) is 4.44. The van der Waals surface area contributed by atoms with E-state index in [0.717, 1.165) is 0 Å². The largest absolute Gasteiger partial charge is 0.499 e. The molecular weight excluding hydrogens is 316 g/mol. The maximum atomic E-state index is 12.0. The van der Waals surface area contributed by atoms with Crippen molar-refractivity contribution >= 4 is 31.7 Å². The molecule has 0 aliphatic carbocycles. The summed E-state index contributed by atoms with van der Waals surface area (Å²) in [6.07, 6.45) is 0. The maximum absolute atomic E-state index is 12.0. The summed E-state index contributed by atoms with van der Waals surface area (Å²) in [7, 11) is -3.28. The van der Waals surface area contributed by atoms with Crippen molar-refractivity contribution in [3.8, 4) is 0 Å². The molecule has 0 bridgehead atoms. The molecule has 1 aromatic rings. The van der Waals surface area contributed by atoms with Crippen LogP contribution in [0.15, 0.2) is 42.5 Å². The lowest BCUT2D eigenvalue weighted by atomic mass is 10.4. The van der Waals surface area contributed by atoms with E-state index in [1.54, 1.807) is 31.2 Å². The van der Waals surface area contributed by atoms with Crippen LogP contribution < -0.4 is 5.19 Å². The molecule has 0 fully saturated rings. The lowest BCUT2D eigenvalue weighted by Crippen LogP contribution is -2.55. The minimum absolute atomic E-state index is 0.180. The van der Waals surface area contributed by atoms with Crippen LogP contribution in [-0.2, 0) is 28.0 Å². The number of ether oxygens (including phenoxy) is 1. The van der Waals surface area contributed by atoms with Gasteiger partial charge in [-0.15, -0.1) is 0 Å². The Morgan fingerprint density at radius 3 is 2.17 bits per heavy atom. The SMILES string of the molecule is C=C(C)C(=O)OCC(=O)O[Si](CC)(OC(C)=O)c1ccccc1. The number of hydrogen-bond acceptors (Lipinski definition) is 6. The van der Waals surface area contributed by atoms with Crippen molar-refractivity contribution in [2.75, 3.05) is 6.61 Å². The van der Waals surface area contributed by atoms with E-state index in [-0.39, 0.29) is 5.57 Å².